The SMILES string of the molecule is COc1cc(Nc2c(F)cc(C#N)cc2F)cc(OC)c1. The Labute approximate surface area is 120 Å². The second kappa shape index (κ2) is 6.09. The Bertz CT molecular complexity index is 666. The van der Waals surface area contributed by atoms with E-state index in [0.717, 1.165) is 12.1 Å². The Morgan fingerprint density at radius 1 is 0.952 bits per heavy atom. The highest BCUT2D eigenvalue weighted by Gasteiger charge is 2.12. The third-order valence-electron chi connectivity index (χ3n) is 2.79. The molecule has 0 fully saturated rings. The molecule has 0 saturated heterocycles. The number of rotatable bonds is 4. The monoisotopic (exact) mass is 290 g/mol. The third-order valence-corrected chi connectivity index (χ3v) is 2.79. The van der Waals surface area contributed by atoms with Crippen molar-refractivity contribution in [3.8, 4) is 17.6 Å². The van der Waals surface area contributed by atoms with Crippen molar-refractivity contribution in [3.63, 3.8) is 0 Å². The van der Waals surface area contributed by atoms with Gasteiger partial charge in [0.2, 0.25) is 0 Å². The van der Waals surface area contributed by atoms with Crippen molar-refractivity contribution < 1.29 is 18.3 Å². The number of methoxy groups -OCH3 is 2. The van der Waals surface area contributed by atoms with Gasteiger partial charge in [0.05, 0.1) is 25.9 Å². The first kappa shape index (κ1) is 14.6. The average molecular weight is 290 g/mol. The van der Waals surface area contributed by atoms with E-state index in [9.17, 15) is 8.78 Å². The maximum atomic E-state index is 13.8. The van der Waals surface area contributed by atoms with E-state index in [2.05, 4.69) is 5.32 Å². The molecule has 0 aliphatic rings. The summed E-state index contributed by atoms with van der Waals surface area (Å²) < 4.78 is 37.8. The number of halogens is 2. The number of nitriles is 1. The second-order valence-electron chi connectivity index (χ2n) is 4.15. The number of anilines is 2. The van der Waals surface area contributed by atoms with Gasteiger partial charge in [-0.1, -0.05) is 0 Å². The normalized spacial score (nSPS) is 9.86. The smallest absolute Gasteiger partial charge is 0.150 e. The molecular weight excluding hydrogens is 278 g/mol. The van der Waals surface area contributed by atoms with E-state index in [4.69, 9.17) is 14.7 Å². The van der Waals surface area contributed by atoms with Crippen LogP contribution in [-0.4, -0.2) is 14.2 Å². The molecule has 108 valence electrons. The van der Waals surface area contributed by atoms with E-state index in [1.807, 2.05) is 0 Å². The second-order valence-corrected chi connectivity index (χ2v) is 4.15. The highest BCUT2D eigenvalue weighted by Crippen LogP contribution is 2.30. The summed E-state index contributed by atoms with van der Waals surface area (Å²) >= 11 is 0. The van der Waals surface area contributed by atoms with Crippen LogP contribution in [0.5, 0.6) is 11.5 Å². The maximum Gasteiger partial charge on any atom is 0.150 e. The number of benzene rings is 2. The lowest BCUT2D eigenvalue weighted by atomic mass is 10.2. The van der Waals surface area contributed by atoms with Crippen LogP contribution in [0.15, 0.2) is 30.3 Å². The van der Waals surface area contributed by atoms with Gasteiger partial charge >= 0.3 is 0 Å². The first-order valence-corrected chi connectivity index (χ1v) is 5.96. The summed E-state index contributed by atoms with van der Waals surface area (Å²) in [4.78, 5) is 0. The zero-order valence-electron chi connectivity index (χ0n) is 11.4. The van der Waals surface area contributed by atoms with Gasteiger partial charge in [-0.25, -0.2) is 8.78 Å². The van der Waals surface area contributed by atoms with Gasteiger partial charge in [0.25, 0.3) is 0 Å². The average Bonchev–Trinajstić information content (AvgIpc) is 2.50. The number of hydrogen-bond acceptors (Lipinski definition) is 4. The summed E-state index contributed by atoms with van der Waals surface area (Å²) in [6.07, 6.45) is 0. The molecule has 2 aromatic rings. The van der Waals surface area contributed by atoms with Crippen LogP contribution in [0.1, 0.15) is 5.56 Å². The van der Waals surface area contributed by atoms with E-state index in [0.29, 0.717) is 17.2 Å². The third kappa shape index (κ3) is 3.20. The summed E-state index contributed by atoms with van der Waals surface area (Å²) in [7, 11) is 2.95. The predicted octanol–water partition coefficient (Wildman–Crippen LogP) is 3.60. The Kier molecular flexibility index (Phi) is 4.24. The first-order valence-electron chi connectivity index (χ1n) is 5.96. The van der Waals surface area contributed by atoms with Gasteiger partial charge in [0.15, 0.2) is 11.6 Å². The minimum absolute atomic E-state index is 0.0845. The number of hydrogen-bond donors (Lipinski definition) is 1. The zero-order valence-corrected chi connectivity index (χ0v) is 11.4. The van der Waals surface area contributed by atoms with Crippen LogP contribution in [-0.2, 0) is 0 Å². The van der Waals surface area contributed by atoms with Crippen molar-refractivity contribution in [1.82, 2.24) is 0 Å². The van der Waals surface area contributed by atoms with Gasteiger partial charge in [-0.05, 0) is 12.1 Å². The number of nitrogens with one attached hydrogen (secondary N) is 1. The van der Waals surface area contributed by atoms with Crippen molar-refractivity contribution in [1.29, 1.82) is 5.26 Å². The van der Waals surface area contributed by atoms with Crippen LogP contribution >= 0.6 is 0 Å². The lowest BCUT2D eigenvalue weighted by Crippen LogP contribution is -1.99. The Morgan fingerprint density at radius 2 is 1.48 bits per heavy atom. The van der Waals surface area contributed by atoms with E-state index in [1.54, 1.807) is 24.3 Å². The molecule has 0 atom stereocenters. The molecule has 0 amide bonds. The van der Waals surface area contributed by atoms with E-state index >= 15 is 0 Å². The van der Waals surface area contributed by atoms with Crippen LogP contribution < -0.4 is 14.8 Å². The fourth-order valence-electron chi connectivity index (χ4n) is 1.78. The van der Waals surface area contributed by atoms with Gasteiger partial charge in [-0.2, -0.15) is 5.26 Å². The van der Waals surface area contributed by atoms with Gasteiger partial charge in [-0.15, -0.1) is 0 Å². The van der Waals surface area contributed by atoms with Gasteiger partial charge in [-0.3, -0.25) is 0 Å². The zero-order chi connectivity index (χ0) is 15.4. The molecule has 0 aliphatic carbocycles. The van der Waals surface area contributed by atoms with Gasteiger partial charge < -0.3 is 14.8 Å². The van der Waals surface area contributed by atoms with Crippen molar-refractivity contribution in [2.75, 3.05) is 19.5 Å². The van der Waals surface area contributed by atoms with Crippen LogP contribution in [0.2, 0.25) is 0 Å². The van der Waals surface area contributed by atoms with Gasteiger partial charge in [0.1, 0.15) is 17.2 Å². The van der Waals surface area contributed by atoms with E-state index in [-0.39, 0.29) is 11.3 Å². The molecule has 0 radical (unpaired) electrons. The van der Waals surface area contributed by atoms with Crippen LogP contribution in [0.4, 0.5) is 20.2 Å². The van der Waals surface area contributed by atoms with Crippen molar-refractivity contribution in [2.24, 2.45) is 0 Å². The highest BCUT2D eigenvalue weighted by atomic mass is 19.1. The molecule has 0 unspecified atom stereocenters. The van der Waals surface area contributed by atoms with Crippen molar-refractivity contribution >= 4 is 11.4 Å². The summed E-state index contributed by atoms with van der Waals surface area (Å²) in [6.45, 7) is 0. The summed E-state index contributed by atoms with van der Waals surface area (Å²) in [5.41, 5.74) is -0.0308. The van der Waals surface area contributed by atoms with E-state index in [1.165, 1.54) is 14.2 Å². The molecule has 0 spiro atoms. The largest absolute Gasteiger partial charge is 0.497 e. The molecule has 6 heteroatoms. The van der Waals surface area contributed by atoms with E-state index < -0.39 is 11.6 Å². The summed E-state index contributed by atoms with van der Waals surface area (Å²) in [5.74, 6) is -0.751. The maximum absolute atomic E-state index is 13.8. The molecule has 21 heavy (non-hydrogen) atoms. The summed E-state index contributed by atoms with van der Waals surface area (Å²) in [6, 6.07) is 8.38. The standard InChI is InChI=1S/C15H12F2N2O2/c1-20-11-5-10(6-12(7-11)21-2)19-15-13(16)3-9(8-18)4-14(15)17/h3-7,19H,1-2H3. The first-order chi connectivity index (χ1) is 10.1. The molecule has 2 rings (SSSR count). The molecule has 1 N–H and O–H groups in total. The molecule has 2 aromatic carbocycles. The molecule has 0 aliphatic heterocycles. The van der Waals surface area contributed by atoms with Gasteiger partial charge in [0, 0.05) is 23.9 Å². The fraction of sp³-hybridized carbons (Fsp3) is 0.133. The molecule has 0 saturated carbocycles. The molecule has 0 heterocycles. The lowest BCUT2D eigenvalue weighted by Gasteiger charge is -2.12. The molecule has 0 bridgehead atoms. The number of ether oxygens (including phenoxy) is 2. The minimum Gasteiger partial charge on any atom is -0.497 e. The highest BCUT2D eigenvalue weighted by molar-refractivity contribution is 5.65. The lowest BCUT2D eigenvalue weighted by molar-refractivity contribution is 0.395. The Balaban J connectivity index is 2.41. The molecule has 4 nitrogen and oxygen atoms in total. The molecular formula is C15H12F2N2O2. The van der Waals surface area contributed by atoms with Crippen LogP contribution in [0, 0.1) is 23.0 Å². The molecule has 0 aromatic heterocycles. The summed E-state index contributed by atoms with van der Waals surface area (Å²) in [5, 5.41) is 11.3. The Hall–Kier alpha value is -2.81. The van der Waals surface area contributed by atoms with Crippen molar-refractivity contribution in [3.05, 3.63) is 47.5 Å². The minimum atomic E-state index is -0.853. The quantitative estimate of drug-likeness (QED) is 0.934. The number of nitrogens with zero attached hydrogens (tertiary/aromatic N) is 1. The topological polar surface area (TPSA) is 54.3 Å². The van der Waals surface area contributed by atoms with Crippen LogP contribution in [0.3, 0.4) is 0 Å². The Morgan fingerprint density at radius 3 is 1.90 bits per heavy atom. The van der Waals surface area contributed by atoms with Crippen LogP contribution in [0.25, 0.3) is 0 Å². The predicted molar refractivity (Wildman–Crippen MR) is 73.9 cm³/mol. The van der Waals surface area contributed by atoms with Crippen molar-refractivity contribution in [2.45, 2.75) is 0 Å². The fourth-order valence-corrected chi connectivity index (χ4v) is 1.78.